The highest BCUT2D eigenvalue weighted by molar-refractivity contribution is 5.97. The highest BCUT2D eigenvalue weighted by atomic mass is 19.1. The van der Waals surface area contributed by atoms with Crippen LogP contribution < -0.4 is 4.90 Å². The van der Waals surface area contributed by atoms with Crippen molar-refractivity contribution in [3.8, 4) is 0 Å². The Morgan fingerprint density at radius 3 is 2.45 bits per heavy atom. The van der Waals surface area contributed by atoms with E-state index in [4.69, 9.17) is 0 Å². The number of unbranched alkanes of at least 4 members (excludes halogenated alkanes) is 1. The summed E-state index contributed by atoms with van der Waals surface area (Å²) in [6.45, 7) is 10.5. The summed E-state index contributed by atoms with van der Waals surface area (Å²) < 4.78 is 13.4. The number of anilines is 1. The SMILES string of the molecule is CCCCN(C(=O)C(C)(C)CC)c1ccc(F)c(C)c1. The van der Waals surface area contributed by atoms with Gasteiger partial charge >= 0.3 is 0 Å². The first kappa shape index (κ1) is 16.7. The monoisotopic (exact) mass is 279 g/mol. The molecular weight excluding hydrogens is 253 g/mol. The average molecular weight is 279 g/mol. The molecular formula is C17H26FNO. The Morgan fingerprint density at radius 2 is 1.95 bits per heavy atom. The van der Waals surface area contributed by atoms with Crippen molar-refractivity contribution in [2.45, 2.75) is 53.9 Å². The Morgan fingerprint density at radius 1 is 1.30 bits per heavy atom. The Balaban J connectivity index is 3.11. The van der Waals surface area contributed by atoms with Gasteiger partial charge in [-0.05, 0) is 43.5 Å². The summed E-state index contributed by atoms with van der Waals surface area (Å²) in [5.41, 5.74) is 0.978. The van der Waals surface area contributed by atoms with Crippen molar-refractivity contribution < 1.29 is 9.18 Å². The van der Waals surface area contributed by atoms with Crippen LogP contribution >= 0.6 is 0 Å². The van der Waals surface area contributed by atoms with Gasteiger partial charge in [0.2, 0.25) is 5.91 Å². The normalized spacial score (nSPS) is 11.5. The van der Waals surface area contributed by atoms with Crippen LogP contribution in [0.5, 0.6) is 0 Å². The van der Waals surface area contributed by atoms with Gasteiger partial charge in [0.1, 0.15) is 5.82 Å². The van der Waals surface area contributed by atoms with Crippen LogP contribution in [0.2, 0.25) is 0 Å². The fourth-order valence-corrected chi connectivity index (χ4v) is 1.98. The lowest BCUT2D eigenvalue weighted by Gasteiger charge is -2.31. The maximum Gasteiger partial charge on any atom is 0.232 e. The Kier molecular flexibility index (Phi) is 5.73. The molecule has 0 bridgehead atoms. The predicted molar refractivity (Wildman–Crippen MR) is 82.5 cm³/mol. The van der Waals surface area contributed by atoms with Crippen molar-refractivity contribution in [2.75, 3.05) is 11.4 Å². The summed E-state index contributed by atoms with van der Waals surface area (Å²) in [7, 11) is 0. The highest BCUT2D eigenvalue weighted by Gasteiger charge is 2.30. The summed E-state index contributed by atoms with van der Waals surface area (Å²) >= 11 is 0. The lowest BCUT2D eigenvalue weighted by Crippen LogP contribution is -2.41. The Labute approximate surface area is 122 Å². The molecule has 112 valence electrons. The molecule has 2 nitrogen and oxygen atoms in total. The molecule has 3 heteroatoms. The molecule has 0 radical (unpaired) electrons. The van der Waals surface area contributed by atoms with Crippen LogP contribution in [0.1, 0.15) is 52.5 Å². The zero-order chi connectivity index (χ0) is 15.3. The number of aryl methyl sites for hydroxylation is 1. The fraction of sp³-hybridized carbons (Fsp3) is 0.588. The van der Waals surface area contributed by atoms with Gasteiger partial charge in [-0.15, -0.1) is 0 Å². The predicted octanol–water partition coefficient (Wildman–Crippen LogP) is 4.70. The van der Waals surface area contributed by atoms with Crippen molar-refractivity contribution >= 4 is 11.6 Å². The first-order valence-electron chi connectivity index (χ1n) is 7.41. The van der Waals surface area contributed by atoms with E-state index in [9.17, 15) is 9.18 Å². The van der Waals surface area contributed by atoms with Crippen LogP contribution in [0, 0.1) is 18.2 Å². The standard InChI is InChI=1S/C17H26FNO/c1-6-8-11-19(16(20)17(4,5)7-2)14-9-10-15(18)13(3)12-14/h9-10,12H,6-8,11H2,1-5H3. The minimum absolute atomic E-state index is 0.111. The van der Waals surface area contributed by atoms with Gasteiger partial charge in [0, 0.05) is 17.6 Å². The van der Waals surface area contributed by atoms with Gasteiger partial charge in [0.05, 0.1) is 0 Å². The molecule has 1 rings (SSSR count). The van der Waals surface area contributed by atoms with Crippen molar-refractivity contribution in [3.05, 3.63) is 29.6 Å². The maximum absolute atomic E-state index is 13.4. The quantitative estimate of drug-likeness (QED) is 0.739. The van der Waals surface area contributed by atoms with E-state index in [0.29, 0.717) is 12.1 Å². The van der Waals surface area contributed by atoms with Crippen molar-refractivity contribution in [3.63, 3.8) is 0 Å². The minimum Gasteiger partial charge on any atom is -0.312 e. The number of hydrogen-bond acceptors (Lipinski definition) is 1. The lowest BCUT2D eigenvalue weighted by atomic mass is 9.88. The summed E-state index contributed by atoms with van der Waals surface area (Å²) in [6, 6.07) is 4.89. The molecule has 0 unspecified atom stereocenters. The molecule has 0 fully saturated rings. The third-order valence-electron chi connectivity index (χ3n) is 3.90. The smallest absolute Gasteiger partial charge is 0.232 e. The second-order valence-corrected chi connectivity index (χ2v) is 5.98. The van der Waals surface area contributed by atoms with Crippen molar-refractivity contribution in [1.82, 2.24) is 0 Å². The van der Waals surface area contributed by atoms with E-state index in [1.54, 1.807) is 24.0 Å². The second-order valence-electron chi connectivity index (χ2n) is 5.98. The molecule has 0 saturated heterocycles. The molecule has 0 aliphatic rings. The minimum atomic E-state index is -0.393. The lowest BCUT2D eigenvalue weighted by molar-refractivity contribution is -0.126. The van der Waals surface area contributed by atoms with E-state index in [1.165, 1.54) is 6.07 Å². The molecule has 0 saturated carbocycles. The topological polar surface area (TPSA) is 20.3 Å². The Bertz CT molecular complexity index is 468. The number of amides is 1. The van der Waals surface area contributed by atoms with Gasteiger partial charge < -0.3 is 4.90 Å². The van der Waals surface area contributed by atoms with Crippen molar-refractivity contribution in [1.29, 1.82) is 0 Å². The van der Waals surface area contributed by atoms with E-state index in [0.717, 1.165) is 24.9 Å². The molecule has 1 amide bonds. The number of nitrogens with zero attached hydrogens (tertiary/aromatic N) is 1. The molecule has 0 aromatic heterocycles. The number of carbonyl (C=O) groups is 1. The average Bonchev–Trinajstić information content (AvgIpc) is 2.42. The van der Waals surface area contributed by atoms with E-state index in [2.05, 4.69) is 6.92 Å². The van der Waals surface area contributed by atoms with E-state index in [-0.39, 0.29) is 11.7 Å². The number of halogens is 1. The van der Waals surface area contributed by atoms with Crippen LogP contribution in [0.15, 0.2) is 18.2 Å². The number of benzene rings is 1. The Hall–Kier alpha value is -1.38. The van der Waals surface area contributed by atoms with Gasteiger partial charge in [-0.2, -0.15) is 0 Å². The summed E-state index contributed by atoms with van der Waals surface area (Å²) in [5.74, 6) is -0.120. The molecule has 0 aliphatic carbocycles. The van der Waals surface area contributed by atoms with E-state index in [1.807, 2.05) is 20.8 Å². The van der Waals surface area contributed by atoms with Crippen LogP contribution in [0.4, 0.5) is 10.1 Å². The van der Waals surface area contributed by atoms with Gasteiger partial charge in [-0.25, -0.2) is 4.39 Å². The molecule has 0 aliphatic heterocycles. The number of hydrogen-bond donors (Lipinski definition) is 0. The number of carbonyl (C=O) groups excluding carboxylic acids is 1. The van der Waals surface area contributed by atoms with Gasteiger partial charge in [0.15, 0.2) is 0 Å². The molecule has 20 heavy (non-hydrogen) atoms. The third kappa shape index (κ3) is 3.81. The first-order valence-corrected chi connectivity index (χ1v) is 7.41. The summed E-state index contributed by atoms with van der Waals surface area (Å²) in [4.78, 5) is 14.5. The summed E-state index contributed by atoms with van der Waals surface area (Å²) in [5, 5.41) is 0. The van der Waals surface area contributed by atoms with Crippen LogP contribution in [-0.4, -0.2) is 12.5 Å². The highest BCUT2D eigenvalue weighted by Crippen LogP contribution is 2.28. The third-order valence-corrected chi connectivity index (χ3v) is 3.90. The molecule has 0 spiro atoms. The first-order chi connectivity index (χ1) is 9.33. The zero-order valence-electron chi connectivity index (χ0n) is 13.3. The largest absolute Gasteiger partial charge is 0.312 e. The number of rotatable bonds is 6. The molecule has 0 heterocycles. The second kappa shape index (κ2) is 6.87. The summed E-state index contributed by atoms with van der Waals surface area (Å²) in [6.07, 6.45) is 2.76. The van der Waals surface area contributed by atoms with Crippen LogP contribution in [0.3, 0.4) is 0 Å². The van der Waals surface area contributed by atoms with Gasteiger partial charge in [-0.3, -0.25) is 4.79 Å². The van der Waals surface area contributed by atoms with Crippen molar-refractivity contribution in [2.24, 2.45) is 5.41 Å². The fourth-order valence-electron chi connectivity index (χ4n) is 1.98. The van der Waals surface area contributed by atoms with Gasteiger partial charge in [0.25, 0.3) is 0 Å². The van der Waals surface area contributed by atoms with Gasteiger partial charge in [-0.1, -0.05) is 34.1 Å². The zero-order valence-corrected chi connectivity index (χ0v) is 13.3. The van der Waals surface area contributed by atoms with Crippen LogP contribution in [-0.2, 0) is 4.79 Å². The van der Waals surface area contributed by atoms with Crippen LogP contribution in [0.25, 0.3) is 0 Å². The maximum atomic E-state index is 13.4. The molecule has 0 N–H and O–H groups in total. The van der Waals surface area contributed by atoms with E-state index >= 15 is 0 Å². The molecule has 0 atom stereocenters. The molecule has 1 aromatic carbocycles. The molecule has 1 aromatic rings. The van der Waals surface area contributed by atoms with E-state index < -0.39 is 5.41 Å².